The number of benzene rings is 2. The summed E-state index contributed by atoms with van der Waals surface area (Å²) in [5.41, 5.74) is 3.51. The molecular weight excluding hydrogens is 348 g/mol. The molecule has 2 N–H and O–H groups in total. The van der Waals surface area contributed by atoms with E-state index in [9.17, 15) is 9.59 Å². The van der Waals surface area contributed by atoms with E-state index in [1.807, 2.05) is 30.3 Å². The number of carbonyl (C=O) groups excluding carboxylic acids is 2. The summed E-state index contributed by atoms with van der Waals surface area (Å²) in [5.74, 6) is 0.146. The minimum Gasteiger partial charge on any atom is -0.345 e. The van der Waals surface area contributed by atoms with Crippen LogP contribution in [0.4, 0.5) is 0 Å². The van der Waals surface area contributed by atoms with Crippen molar-refractivity contribution in [3.05, 3.63) is 71.3 Å². The summed E-state index contributed by atoms with van der Waals surface area (Å²) < 4.78 is 0. The smallest absolute Gasteiger partial charge is 0.234 e. The first-order valence-electron chi connectivity index (χ1n) is 10.1. The van der Waals surface area contributed by atoms with Crippen LogP contribution in [-0.4, -0.2) is 24.3 Å². The Morgan fingerprint density at radius 2 is 1.57 bits per heavy atom. The van der Waals surface area contributed by atoms with Gasteiger partial charge in [0.15, 0.2) is 5.78 Å². The van der Waals surface area contributed by atoms with Crippen molar-refractivity contribution < 1.29 is 9.59 Å². The SMILES string of the molecule is CCc1ccc([C@@H](NCC(=O)N[C@@H](Cc2ccccc2)C(C)=O)C(C)C)cc1. The lowest BCUT2D eigenvalue weighted by Gasteiger charge is -2.24. The second-order valence-corrected chi connectivity index (χ2v) is 7.62. The molecule has 0 aliphatic carbocycles. The van der Waals surface area contributed by atoms with E-state index in [4.69, 9.17) is 0 Å². The number of ketones is 1. The average molecular weight is 381 g/mol. The Kier molecular flexibility index (Phi) is 8.40. The molecule has 2 atom stereocenters. The van der Waals surface area contributed by atoms with E-state index >= 15 is 0 Å². The number of hydrogen-bond acceptors (Lipinski definition) is 3. The largest absolute Gasteiger partial charge is 0.345 e. The first kappa shape index (κ1) is 21.8. The van der Waals surface area contributed by atoms with Gasteiger partial charge in [0.25, 0.3) is 0 Å². The highest BCUT2D eigenvalue weighted by molar-refractivity contribution is 5.88. The van der Waals surface area contributed by atoms with E-state index in [1.165, 1.54) is 18.1 Å². The maximum Gasteiger partial charge on any atom is 0.234 e. The summed E-state index contributed by atoms with van der Waals surface area (Å²) in [5, 5.41) is 6.24. The van der Waals surface area contributed by atoms with Crippen molar-refractivity contribution in [2.24, 2.45) is 5.92 Å². The average Bonchev–Trinajstić information content (AvgIpc) is 2.68. The molecule has 2 aromatic carbocycles. The van der Waals surface area contributed by atoms with Crippen LogP contribution in [0.25, 0.3) is 0 Å². The molecule has 4 nitrogen and oxygen atoms in total. The van der Waals surface area contributed by atoms with Gasteiger partial charge in [-0.2, -0.15) is 0 Å². The Balaban J connectivity index is 1.96. The predicted octanol–water partition coefficient (Wildman–Crippen LogP) is 3.85. The van der Waals surface area contributed by atoms with Crippen LogP contribution in [0.3, 0.4) is 0 Å². The third kappa shape index (κ3) is 6.61. The van der Waals surface area contributed by atoms with Crippen molar-refractivity contribution in [1.82, 2.24) is 10.6 Å². The zero-order chi connectivity index (χ0) is 20.5. The molecule has 0 fully saturated rings. The van der Waals surface area contributed by atoms with Crippen LogP contribution >= 0.6 is 0 Å². The van der Waals surface area contributed by atoms with Crippen LogP contribution in [0.5, 0.6) is 0 Å². The predicted molar refractivity (Wildman–Crippen MR) is 114 cm³/mol. The molecule has 0 unspecified atom stereocenters. The fourth-order valence-corrected chi connectivity index (χ4v) is 3.29. The topological polar surface area (TPSA) is 58.2 Å². The lowest BCUT2D eigenvalue weighted by atomic mass is 9.95. The van der Waals surface area contributed by atoms with Crippen LogP contribution in [0.2, 0.25) is 0 Å². The molecule has 0 heterocycles. The monoisotopic (exact) mass is 380 g/mol. The third-order valence-corrected chi connectivity index (χ3v) is 5.00. The van der Waals surface area contributed by atoms with Crippen molar-refractivity contribution in [1.29, 1.82) is 0 Å². The molecule has 150 valence electrons. The van der Waals surface area contributed by atoms with Gasteiger partial charge in [-0.05, 0) is 42.4 Å². The summed E-state index contributed by atoms with van der Waals surface area (Å²) in [6.45, 7) is 8.11. The van der Waals surface area contributed by atoms with Gasteiger partial charge in [-0.3, -0.25) is 9.59 Å². The van der Waals surface area contributed by atoms with Gasteiger partial charge in [-0.25, -0.2) is 0 Å². The number of nitrogens with one attached hydrogen (secondary N) is 2. The van der Waals surface area contributed by atoms with Gasteiger partial charge < -0.3 is 10.6 Å². The summed E-state index contributed by atoms with van der Waals surface area (Å²) >= 11 is 0. The van der Waals surface area contributed by atoms with Crippen LogP contribution in [-0.2, 0) is 22.4 Å². The summed E-state index contributed by atoms with van der Waals surface area (Å²) in [4.78, 5) is 24.5. The fourth-order valence-electron chi connectivity index (χ4n) is 3.29. The number of aryl methyl sites for hydroxylation is 1. The van der Waals surface area contributed by atoms with Gasteiger partial charge in [0.1, 0.15) is 0 Å². The maximum absolute atomic E-state index is 12.5. The third-order valence-electron chi connectivity index (χ3n) is 5.00. The molecule has 1 amide bonds. The second-order valence-electron chi connectivity index (χ2n) is 7.62. The second kappa shape index (κ2) is 10.8. The van der Waals surface area contributed by atoms with Crippen molar-refractivity contribution in [2.75, 3.05) is 6.54 Å². The van der Waals surface area contributed by atoms with Crippen molar-refractivity contribution in [2.45, 2.75) is 52.6 Å². The van der Waals surface area contributed by atoms with Crippen molar-refractivity contribution >= 4 is 11.7 Å². The van der Waals surface area contributed by atoms with Gasteiger partial charge in [0, 0.05) is 6.04 Å². The fraction of sp³-hybridized carbons (Fsp3) is 0.417. The Hall–Kier alpha value is -2.46. The Bertz CT molecular complexity index is 754. The molecule has 0 saturated carbocycles. The van der Waals surface area contributed by atoms with E-state index in [2.05, 4.69) is 55.7 Å². The zero-order valence-corrected chi connectivity index (χ0v) is 17.4. The summed E-state index contributed by atoms with van der Waals surface area (Å²) in [6.07, 6.45) is 1.52. The number of rotatable bonds is 10. The van der Waals surface area contributed by atoms with Gasteiger partial charge in [0.2, 0.25) is 5.91 Å². The lowest BCUT2D eigenvalue weighted by Crippen LogP contribution is -2.45. The molecule has 4 heteroatoms. The van der Waals surface area contributed by atoms with Gasteiger partial charge in [-0.1, -0.05) is 75.4 Å². The summed E-state index contributed by atoms with van der Waals surface area (Å²) in [7, 11) is 0. The molecule has 0 aliphatic rings. The molecular formula is C24H32N2O2. The molecule has 0 radical (unpaired) electrons. The number of amides is 1. The van der Waals surface area contributed by atoms with Gasteiger partial charge in [-0.15, -0.1) is 0 Å². The highest BCUT2D eigenvalue weighted by Gasteiger charge is 2.20. The van der Waals surface area contributed by atoms with Crippen LogP contribution in [0.15, 0.2) is 54.6 Å². The summed E-state index contributed by atoms with van der Waals surface area (Å²) in [6, 6.07) is 17.9. The zero-order valence-electron chi connectivity index (χ0n) is 17.4. The normalized spacial score (nSPS) is 13.2. The highest BCUT2D eigenvalue weighted by Crippen LogP contribution is 2.22. The van der Waals surface area contributed by atoms with Crippen molar-refractivity contribution in [3.8, 4) is 0 Å². The lowest BCUT2D eigenvalue weighted by molar-refractivity contribution is -0.126. The minimum atomic E-state index is -0.502. The van der Waals surface area contributed by atoms with Crippen LogP contribution in [0, 0.1) is 5.92 Å². The number of hydrogen-bond donors (Lipinski definition) is 2. The molecule has 0 aliphatic heterocycles. The van der Waals surface area contributed by atoms with Crippen molar-refractivity contribution in [3.63, 3.8) is 0 Å². The minimum absolute atomic E-state index is 0.0345. The van der Waals surface area contributed by atoms with E-state index < -0.39 is 6.04 Å². The van der Waals surface area contributed by atoms with Crippen LogP contribution < -0.4 is 10.6 Å². The molecule has 0 aromatic heterocycles. The number of Topliss-reactive ketones (excluding diaryl/α,β-unsaturated/α-hetero) is 1. The molecule has 0 bridgehead atoms. The van der Waals surface area contributed by atoms with E-state index in [1.54, 1.807) is 0 Å². The molecule has 28 heavy (non-hydrogen) atoms. The first-order chi connectivity index (χ1) is 13.4. The highest BCUT2D eigenvalue weighted by atomic mass is 16.2. The standard InChI is InChI=1S/C24H32N2O2/c1-5-19-11-13-21(14-12-19)24(17(2)3)25-16-23(28)26-22(18(4)27)15-20-9-7-6-8-10-20/h6-14,17,22,24-25H,5,15-16H2,1-4H3,(H,26,28)/t22-,24-/m0/s1. The van der Waals surface area contributed by atoms with E-state index in [-0.39, 0.29) is 24.3 Å². The first-order valence-corrected chi connectivity index (χ1v) is 10.1. The Morgan fingerprint density at radius 3 is 2.11 bits per heavy atom. The van der Waals surface area contributed by atoms with E-state index in [0.717, 1.165) is 12.0 Å². The Morgan fingerprint density at radius 1 is 0.929 bits per heavy atom. The van der Waals surface area contributed by atoms with Crippen LogP contribution in [0.1, 0.15) is 50.4 Å². The Labute approximate surface area is 168 Å². The number of carbonyl (C=O) groups is 2. The maximum atomic E-state index is 12.5. The van der Waals surface area contributed by atoms with E-state index in [0.29, 0.717) is 12.3 Å². The quantitative estimate of drug-likeness (QED) is 0.658. The van der Waals surface area contributed by atoms with Gasteiger partial charge >= 0.3 is 0 Å². The van der Waals surface area contributed by atoms with Gasteiger partial charge in [0.05, 0.1) is 12.6 Å². The molecule has 2 aromatic rings. The molecule has 2 rings (SSSR count). The molecule has 0 saturated heterocycles. The molecule has 0 spiro atoms.